The van der Waals surface area contributed by atoms with Gasteiger partial charge in [0.15, 0.2) is 0 Å². The minimum Gasteiger partial charge on any atom is -0.424 e. The van der Waals surface area contributed by atoms with Crippen LogP contribution in [0.15, 0.2) is 16.5 Å². The van der Waals surface area contributed by atoms with Crippen molar-refractivity contribution in [2.75, 3.05) is 4.90 Å². The number of Topliss-reactive ketones (excluding diaryl/α,β-unsaturated/α-hetero) is 1. The minimum absolute atomic E-state index is 0.112. The first-order valence-corrected chi connectivity index (χ1v) is 6.24. The van der Waals surface area contributed by atoms with Crippen LogP contribution >= 0.6 is 0 Å². The van der Waals surface area contributed by atoms with E-state index in [0.29, 0.717) is 23.0 Å². The number of hydrogen-bond donors (Lipinski definition) is 0. The van der Waals surface area contributed by atoms with Gasteiger partial charge in [-0.1, -0.05) is 6.07 Å². The zero-order chi connectivity index (χ0) is 14.4. The van der Waals surface area contributed by atoms with Crippen LogP contribution in [0.3, 0.4) is 0 Å². The van der Waals surface area contributed by atoms with E-state index in [4.69, 9.17) is 4.42 Å². The summed E-state index contributed by atoms with van der Waals surface area (Å²) in [6.07, 6.45) is 0. The number of aromatic nitrogens is 2. The molecule has 20 heavy (non-hydrogen) atoms. The Kier molecular flexibility index (Phi) is 2.67. The third-order valence-corrected chi connectivity index (χ3v) is 3.28. The van der Waals surface area contributed by atoms with Crippen molar-refractivity contribution >= 4 is 17.4 Å². The van der Waals surface area contributed by atoms with Crippen LogP contribution in [0.25, 0.3) is 0 Å². The molecule has 1 aromatic carbocycles. The van der Waals surface area contributed by atoms with Gasteiger partial charge in [-0.3, -0.25) is 14.5 Å². The molecule has 2 heterocycles. The maximum atomic E-state index is 12.1. The third-order valence-electron chi connectivity index (χ3n) is 3.28. The zero-order valence-electron chi connectivity index (χ0n) is 11.4. The molecule has 0 saturated carbocycles. The molecule has 0 N–H and O–H groups in total. The highest BCUT2D eigenvalue weighted by Gasteiger charge is 2.37. The summed E-state index contributed by atoms with van der Waals surface area (Å²) >= 11 is 0. The van der Waals surface area contributed by atoms with E-state index in [1.807, 2.05) is 26.0 Å². The number of nitrogens with zero attached hydrogens (tertiary/aromatic N) is 3. The lowest BCUT2D eigenvalue weighted by molar-refractivity contribution is -0.114. The first-order valence-electron chi connectivity index (χ1n) is 6.24. The Morgan fingerprint density at radius 2 is 1.90 bits per heavy atom. The number of amides is 1. The highest BCUT2D eigenvalue weighted by atomic mass is 16.4. The van der Waals surface area contributed by atoms with Gasteiger partial charge in [0.25, 0.3) is 11.7 Å². The highest BCUT2D eigenvalue weighted by Crippen LogP contribution is 2.33. The van der Waals surface area contributed by atoms with Gasteiger partial charge in [-0.25, -0.2) is 0 Å². The molecular weight excluding hydrogens is 258 g/mol. The Hall–Kier alpha value is -2.50. The Morgan fingerprint density at radius 1 is 1.15 bits per heavy atom. The largest absolute Gasteiger partial charge is 0.424 e. The molecular formula is C14H13N3O3. The van der Waals surface area contributed by atoms with Crippen LogP contribution in [-0.4, -0.2) is 21.9 Å². The summed E-state index contributed by atoms with van der Waals surface area (Å²) in [4.78, 5) is 25.6. The molecule has 0 saturated heterocycles. The number of benzene rings is 1. The average molecular weight is 271 g/mol. The Morgan fingerprint density at radius 3 is 2.55 bits per heavy atom. The summed E-state index contributed by atoms with van der Waals surface area (Å²) in [7, 11) is 0. The first kappa shape index (κ1) is 12.5. The Bertz CT molecular complexity index is 733. The van der Waals surface area contributed by atoms with E-state index in [1.54, 1.807) is 6.92 Å². The monoisotopic (exact) mass is 271 g/mol. The molecule has 2 aromatic rings. The number of carbonyl (C=O) groups is 2. The minimum atomic E-state index is -0.551. The van der Waals surface area contributed by atoms with Crippen molar-refractivity contribution in [3.63, 3.8) is 0 Å². The molecule has 0 spiro atoms. The van der Waals surface area contributed by atoms with Crippen molar-refractivity contribution in [2.24, 2.45) is 0 Å². The van der Waals surface area contributed by atoms with Crippen LogP contribution in [-0.2, 0) is 11.3 Å². The van der Waals surface area contributed by atoms with E-state index in [2.05, 4.69) is 10.2 Å². The van der Waals surface area contributed by atoms with Crippen molar-refractivity contribution in [2.45, 2.75) is 27.3 Å². The fraction of sp³-hybridized carbons (Fsp3) is 0.286. The summed E-state index contributed by atoms with van der Waals surface area (Å²) in [5, 5.41) is 7.59. The lowest BCUT2D eigenvalue weighted by Gasteiger charge is -2.14. The molecule has 0 radical (unpaired) electrons. The smallest absolute Gasteiger partial charge is 0.299 e. The summed E-state index contributed by atoms with van der Waals surface area (Å²) in [6.45, 7) is 5.55. The number of aryl methyl sites for hydroxylation is 3. The van der Waals surface area contributed by atoms with E-state index in [1.165, 1.54) is 4.90 Å². The number of rotatable bonds is 2. The normalized spacial score (nSPS) is 14.1. The van der Waals surface area contributed by atoms with Gasteiger partial charge >= 0.3 is 0 Å². The molecule has 0 fully saturated rings. The van der Waals surface area contributed by atoms with Gasteiger partial charge < -0.3 is 4.42 Å². The van der Waals surface area contributed by atoms with Crippen LogP contribution in [0.5, 0.6) is 0 Å². The van der Waals surface area contributed by atoms with E-state index in [9.17, 15) is 9.59 Å². The molecule has 0 atom stereocenters. The molecule has 6 heteroatoms. The SMILES string of the molecule is Cc1cc(C)c2c(c1)N(Cc1nnc(C)o1)C(=O)C2=O. The lowest BCUT2D eigenvalue weighted by Crippen LogP contribution is -2.29. The molecule has 1 aromatic heterocycles. The maximum absolute atomic E-state index is 12.1. The van der Waals surface area contributed by atoms with E-state index < -0.39 is 11.7 Å². The summed E-state index contributed by atoms with van der Waals surface area (Å²) in [5.41, 5.74) is 2.89. The first-order chi connectivity index (χ1) is 9.47. The number of hydrogen-bond acceptors (Lipinski definition) is 5. The lowest BCUT2D eigenvalue weighted by atomic mass is 10.0. The fourth-order valence-corrected chi connectivity index (χ4v) is 2.49. The number of anilines is 1. The average Bonchev–Trinajstić information content (AvgIpc) is 2.87. The maximum Gasteiger partial charge on any atom is 0.299 e. The summed E-state index contributed by atoms with van der Waals surface area (Å²) < 4.78 is 5.28. The summed E-state index contributed by atoms with van der Waals surface area (Å²) in [6, 6.07) is 3.72. The van der Waals surface area contributed by atoms with Gasteiger partial charge in [-0.05, 0) is 31.0 Å². The van der Waals surface area contributed by atoms with E-state index in [-0.39, 0.29) is 6.54 Å². The van der Waals surface area contributed by atoms with E-state index >= 15 is 0 Å². The van der Waals surface area contributed by atoms with Crippen LogP contribution in [0, 0.1) is 20.8 Å². The van der Waals surface area contributed by atoms with Crippen molar-refractivity contribution in [1.29, 1.82) is 0 Å². The molecule has 0 bridgehead atoms. The number of carbonyl (C=O) groups excluding carboxylic acids is 2. The van der Waals surface area contributed by atoms with Gasteiger partial charge in [-0.15, -0.1) is 10.2 Å². The zero-order valence-corrected chi connectivity index (χ0v) is 11.4. The van der Waals surface area contributed by atoms with Crippen LogP contribution in [0.4, 0.5) is 5.69 Å². The standard InChI is InChI=1S/C14H13N3O3/c1-7-4-8(2)12-10(5-7)17(14(19)13(12)18)6-11-16-15-9(3)20-11/h4-5H,6H2,1-3H3. The highest BCUT2D eigenvalue weighted by molar-refractivity contribution is 6.52. The van der Waals surface area contributed by atoms with Gasteiger partial charge in [0, 0.05) is 6.92 Å². The predicted octanol–water partition coefficient (Wildman–Crippen LogP) is 1.72. The molecule has 3 rings (SSSR count). The molecule has 0 unspecified atom stereocenters. The molecule has 102 valence electrons. The summed E-state index contributed by atoms with van der Waals surface area (Å²) in [5.74, 6) is -0.285. The Labute approximate surface area is 115 Å². The Balaban J connectivity index is 2.06. The second kappa shape index (κ2) is 4.26. The van der Waals surface area contributed by atoms with E-state index in [0.717, 1.165) is 11.1 Å². The molecule has 6 nitrogen and oxygen atoms in total. The quantitative estimate of drug-likeness (QED) is 0.777. The fourth-order valence-electron chi connectivity index (χ4n) is 2.49. The van der Waals surface area contributed by atoms with Crippen LogP contribution < -0.4 is 4.90 Å². The predicted molar refractivity (Wildman–Crippen MR) is 70.5 cm³/mol. The second-order valence-corrected chi connectivity index (χ2v) is 4.91. The number of ketones is 1. The topological polar surface area (TPSA) is 76.3 Å². The van der Waals surface area contributed by atoms with Gasteiger partial charge in [0.05, 0.1) is 11.3 Å². The molecule has 1 amide bonds. The van der Waals surface area contributed by atoms with Crippen LogP contribution in [0.2, 0.25) is 0 Å². The molecule has 1 aliphatic heterocycles. The molecule has 0 aliphatic carbocycles. The van der Waals surface area contributed by atoms with Gasteiger partial charge in [-0.2, -0.15) is 0 Å². The van der Waals surface area contributed by atoms with Crippen molar-refractivity contribution < 1.29 is 14.0 Å². The van der Waals surface area contributed by atoms with Gasteiger partial charge in [0.1, 0.15) is 6.54 Å². The number of fused-ring (bicyclic) bond motifs is 1. The second-order valence-electron chi connectivity index (χ2n) is 4.91. The van der Waals surface area contributed by atoms with Crippen molar-refractivity contribution in [3.8, 4) is 0 Å². The third kappa shape index (κ3) is 1.80. The van der Waals surface area contributed by atoms with Crippen LogP contribution in [0.1, 0.15) is 33.3 Å². The molecule has 1 aliphatic rings. The van der Waals surface area contributed by atoms with Gasteiger partial charge in [0.2, 0.25) is 11.8 Å². The van der Waals surface area contributed by atoms with Crippen molar-refractivity contribution in [1.82, 2.24) is 10.2 Å². The van der Waals surface area contributed by atoms with Crippen molar-refractivity contribution in [3.05, 3.63) is 40.6 Å².